The molecule has 3 atom stereocenters. The Kier molecular flexibility index (Phi) is 3.77. The van der Waals surface area contributed by atoms with Crippen molar-refractivity contribution in [1.29, 1.82) is 0 Å². The van der Waals surface area contributed by atoms with Crippen LogP contribution in [0, 0.1) is 5.41 Å². The van der Waals surface area contributed by atoms with Crippen LogP contribution in [0.5, 0.6) is 0 Å². The van der Waals surface area contributed by atoms with Crippen molar-refractivity contribution in [3.05, 3.63) is 40.0 Å². The molecule has 6 nitrogen and oxygen atoms in total. The number of aromatic nitrogens is 2. The lowest BCUT2D eigenvalue weighted by atomic mass is 9.77. The Hall–Kier alpha value is -1.70. The van der Waals surface area contributed by atoms with E-state index in [1.165, 1.54) is 11.1 Å². The summed E-state index contributed by atoms with van der Waals surface area (Å²) < 4.78 is 13.0. The van der Waals surface area contributed by atoms with Crippen molar-refractivity contribution >= 4 is 34.2 Å². The standard InChI is InChI=1S/C23H25ClN4O2S/c24-15-3-2-13-8-22(9-14(13)6-15)10-28(11-22)21-25-18-16-7-17(16)31(30)19(18)20(26-21)27-23(12-29)4-1-5-23/h2-3,6,16-17,29H,1,4-5,7-12H2,(H,25,26,27). The smallest absolute Gasteiger partial charge is 0.227 e. The summed E-state index contributed by atoms with van der Waals surface area (Å²) in [5.74, 6) is 1.76. The Morgan fingerprint density at radius 2 is 2.03 bits per heavy atom. The quantitative estimate of drug-likeness (QED) is 0.736. The molecule has 2 aromatic rings. The van der Waals surface area contributed by atoms with E-state index in [0.717, 1.165) is 73.2 Å². The number of hydrogen-bond donors (Lipinski definition) is 2. The monoisotopic (exact) mass is 456 g/mol. The first kappa shape index (κ1) is 18.8. The molecule has 1 spiro atoms. The van der Waals surface area contributed by atoms with E-state index in [1.54, 1.807) is 0 Å². The van der Waals surface area contributed by atoms with Gasteiger partial charge in [0.05, 0.1) is 28.6 Å². The Balaban J connectivity index is 1.19. The highest BCUT2D eigenvalue weighted by atomic mass is 35.5. The van der Waals surface area contributed by atoms with E-state index in [2.05, 4.69) is 22.3 Å². The van der Waals surface area contributed by atoms with Crippen molar-refractivity contribution in [1.82, 2.24) is 9.97 Å². The normalized spacial score (nSPS) is 30.3. The molecule has 1 aromatic carbocycles. The predicted molar refractivity (Wildman–Crippen MR) is 120 cm³/mol. The lowest BCUT2D eigenvalue weighted by Gasteiger charge is -2.48. The number of hydrogen-bond acceptors (Lipinski definition) is 6. The molecule has 0 radical (unpaired) electrons. The van der Waals surface area contributed by atoms with Crippen LogP contribution in [0.2, 0.25) is 5.02 Å². The maximum atomic E-state index is 13.0. The van der Waals surface area contributed by atoms with Crippen LogP contribution in [0.3, 0.4) is 0 Å². The number of nitrogens with one attached hydrogen (secondary N) is 1. The Morgan fingerprint density at radius 1 is 1.23 bits per heavy atom. The lowest BCUT2D eigenvalue weighted by molar-refractivity contribution is 0.143. The van der Waals surface area contributed by atoms with Crippen LogP contribution in [0.1, 0.15) is 48.4 Å². The zero-order valence-corrected chi connectivity index (χ0v) is 18.8. The summed E-state index contributed by atoms with van der Waals surface area (Å²) in [4.78, 5) is 12.9. The predicted octanol–water partition coefficient (Wildman–Crippen LogP) is 3.04. The van der Waals surface area contributed by atoms with Gasteiger partial charge in [0.2, 0.25) is 5.95 Å². The van der Waals surface area contributed by atoms with Crippen LogP contribution in [0.4, 0.5) is 11.8 Å². The van der Waals surface area contributed by atoms with E-state index < -0.39 is 10.8 Å². The molecule has 2 N–H and O–H groups in total. The van der Waals surface area contributed by atoms with Crippen LogP contribution >= 0.6 is 11.6 Å². The SMILES string of the molecule is O=S1c2c(NC3(CO)CCC3)nc(N3CC4(Cc5ccc(Cl)cc5C4)C3)nc2C2CC21. The van der Waals surface area contributed by atoms with Crippen LogP contribution < -0.4 is 10.2 Å². The maximum absolute atomic E-state index is 13.0. The average Bonchev–Trinajstić information content (AvgIpc) is 3.33. The number of anilines is 2. The van der Waals surface area contributed by atoms with Crippen LogP contribution in [-0.4, -0.2) is 49.8 Å². The number of rotatable bonds is 4. The van der Waals surface area contributed by atoms with Gasteiger partial charge in [-0.25, -0.2) is 4.98 Å². The van der Waals surface area contributed by atoms with Gasteiger partial charge in [0, 0.05) is 34.7 Å². The molecule has 2 aliphatic heterocycles. The molecule has 3 fully saturated rings. The molecule has 1 aromatic heterocycles. The van der Waals surface area contributed by atoms with Crippen LogP contribution in [-0.2, 0) is 23.6 Å². The summed E-state index contributed by atoms with van der Waals surface area (Å²) in [5.41, 5.74) is 3.68. The summed E-state index contributed by atoms with van der Waals surface area (Å²) in [5, 5.41) is 14.5. The van der Waals surface area contributed by atoms with E-state index >= 15 is 0 Å². The fourth-order valence-corrected chi connectivity index (χ4v) is 8.08. The number of aliphatic hydroxyl groups excluding tert-OH is 1. The first-order valence-electron chi connectivity index (χ1n) is 11.2. The van der Waals surface area contributed by atoms with Crippen molar-refractivity contribution in [2.75, 3.05) is 29.9 Å². The molecule has 3 heterocycles. The molecule has 162 valence electrons. The summed E-state index contributed by atoms with van der Waals surface area (Å²) in [7, 11) is -1.04. The molecule has 0 amide bonds. The van der Waals surface area contributed by atoms with Gasteiger partial charge >= 0.3 is 0 Å². The van der Waals surface area contributed by atoms with E-state index in [-0.39, 0.29) is 22.8 Å². The largest absolute Gasteiger partial charge is 0.394 e. The number of nitrogens with zero attached hydrogens (tertiary/aromatic N) is 3. The third kappa shape index (κ3) is 2.69. The van der Waals surface area contributed by atoms with E-state index in [9.17, 15) is 9.32 Å². The van der Waals surface area contributed by atoms with Gasteiger partial charge in [-0.15, -0.1) is 0 Å². The van der Waals surface area contributed by atoms with E-state index in [4.69, 9.17) is 21.6 Å². The molecule has 3 aliphatic carbocycles. The van der Waals surface area contributed by atoms with Gasteiger partial charge in [-0.3, -0.25) is 4.21 Å². The average molecular weight is 457 g/mol. The minimum Gasteiger partial charge on any atom is -0.394 e. The van der Waals surface area contributed by atoms with Crippen LogP contribution in [0.15, 0.2) is 23.1 Å². The second-order valence-corrected chi connectivity index (χ2v) is 12.3. The summed E-state index contributed by atoms with van der Waals surface area (Å²) >= 11 is 6.20. The van der Waals surface area contributed by atoms with Gasteiger partial charge in [-0.1, -0.05) is 17.7 Å². The van der Waals surface area contributed by atoms with Gasteiger partial charge in [-0.05, 0) is 61.8 Å². The fraction of sp³-hybridized carbons (Fsp3) is 0.565. The Labute approximate surface area is 188 Å². The van der Waals surface area contributed by atoms with Crippen molar-refractivity contribution < 1.29 is 9.32 Å². The zero-order valence-electron chi connectivity index (χ0n) is 17.2. The summed E-state index contributed by atoms with van der Waals surface area (Å²) in [6, 6.07) is 6.26. The Morgan fingerprint density at radius 3 is 2.77 bits per heavy atom. The molecule has 8 heteroatoms. The topological polar surface area (TPSA) is 78.3 Å². The third-order valence-corrected chi connectivity index (χ3v) is 10.2. The molecule has 1 saturated heterocycles. The highest BCUT2D eigenvalue weighted by Gasteiger charge is 2.55. The van der Waals surface area contributed by atoms with Crippen molar-refractivity contribution in [2.45, 2.75) is 60.1 Å². The third-order valence-electron chi connectivity index (χ3n) is 8.07. The van der Waals surface area contributed by atoms with Gasteiger partial charge in [0.15, 0.2) is 0 Å². The van der Waals surface area contributed by atoms with Gasteiger partial charge in [0.1, 0.15) is 10.7 Å². The van der Waals surface area contributed by atoms with Gasteiger partial charge in [-0.2, -0.15) is 4.98 Å². The minimum absolute atomic E-state index is 0.0776. The summed E-state index contributed by atoms with van der Waals surface area (Å²) in [6.07, 6.45) is 6.05. The van der Waals surface area contributed by atoms with Gasteiger partial charge in [0.25, 0.3) is 0 Å². The number of benzene rings is 1. The summed E-state index contributed by atoms with van der Waals surface area (Å²) in [6.45, 7) is 1.94. The molecular formula is C23H25ClN4O2S. The Bertz CT molecular complexity index is 1140. The van der Waals surface area contributed by atoms with E-state index in [1.807, 2.05) is 6.07 Å². The number of fused-ring (bicyclic) bond motifs is 4. The molecular weight excluding hydrogens is 432 g/mol. The second kappa shape index (κ2) is 6.21. The maximum Gasteiger partial charge on any atom is 0.227 e. The van der Waals surface area contributed by atoms with Gasteiger partial charge < -0.3 is 15.3 Å². The first-order chi connectivity index (χ1) is 15.0. The molecule has 5 aliphatic rings. The highest BCUT2D eigenvalue weighted by Crippen LogP contribution is 2.56. The fourth-order valence-electron chi connectivity index (χ4n) is 6.09. The van der Waals surface area contributed by atoms with Crippen molar-refractivity contribution in [3.63, 3.8) is 0 Å². The molecule has 31 heavy (non-hydrogen) atoms. The molecule has 0 bridgehead atoms. The highest BCUT2D eigenvalue weighted by molar-refractivity contribution is 7.86. The zero-order chi connectivity index (χ0) is 21.0. The second-order valence-electron chi connectivity index (χ2n) is 10.3. The molecule has 7 rings (SSSR count). The number of halogens is 1. The van der Waals surface area contributed by atoms with E-state index in [0.29, 0.717) is 11.7 Å². The minimum atomic E-state index is -1.04. The van der Waals surface area contributed by atoms with Crippen LogP contribution in [0.25, 0.3) is 0 Å². The first-order valence-corrected chi connectivity index (χ1v) is 12.8. The number of aliphatic hydroxyl groups is 1. The van der Waals surface area contributed by atoms with Crippen molar-refractivity contribution in [2.24, 2.45) is 5.41 Å². The molecule has 3 unspecified atom stereocenters. The van der Waals surface area contributed by atoms with Crippen molar-refractivity contribution in [3.8, 4) is 0 Å². The lowest BCUT2D eigenvalue weighted by Crippen LogP contribution is -2.58. The molecule has 2 saturated carbocycles.